The summed E-state index contributed by atoms with van der Waals surface area (Å²) in [5.74, 6) is 0.777. The van der Waals surface area contributed by atoms with E-state index in [1.165, 1.54) is 0 Å². The summed E-state index contributed by atoms with van der Waals surface area (Å²) in [5.41, 5.74) is 6.71. The summed E-state index contributed by atoms with van der Waals surface area (Å²) in [4.78, 5) is 15.9. The van der Waals surface area contributed by atoms with Crippen LogP contribution in [0.15, 0.2) is 42.7 Å². The summed E-state index contributed by atoms with van der Waals surface area (Å²) in [6, 6.07) is 8.45. The normalized spacial score (nSPS) is 9.95. The van der Waals surface area contributed by atoms with Crippen LogP contribution in [0, 0.1) is 0 Å². The molecule has 0 spiro atoms. The standard InChI is InChI=1S/C14H15N3O2/c1-2-17-14(18)12-6-5-10(15)8-13(12)19-11-4-3-7-16-9-11/h3-9H,2,15H2,1H3,(H,17,18). The molecule has 2 aromatic rings. The van der Waals surface area contributed by atoms with Crippen molar-refractivity contribution in [2.24, 2.45) is 0 Å². The first-order valence-electron chi connectivity index (χ1n) is 5.96. The number of pyridine rings is 1. The van der Waals surface area contributed by atoms with Gasteiger partial charge >= 0.3 is 0 Å². The first-order chi connectivity index (χ1) is 9.20. The van der Waals surface area contributed by atoms with Crippen LogP contribution < -0.4 is 15.8 Å². The maximum Gasteiger partial charge on any atom is 0.255 e. The molecule has 2 rings (SSSR count). The first-order valence-corrected chi connectivity index (χ1v) is 5.96. The third-order valence-corrected chi connectivity index (χ3v) is 2.45. The first kappa shape index (κ1) is 12.9. The van der Waals surface area contributed by atoms with E-state index in [9.17, 15) is 4.79 Å². The highest BCUT2D eigenvalue weighted by molar-refractivity contribution is 5.97. The molecule has 0 unspecified atom stereocenters. The number of nitrogen functional groups attached to an aromatic ring is 1. The Bertz CT molecular complexity index is 570. The Kier molecular flexibility index (Phi) is 3.97. The van der Waals surface area contributed by atoms with E-state index < -0.39 is 0 Å². The Morgan fingerprint density at radius 1 is 1.42 bits per heavy atom. The van der Waals surface area contributed by atoms with Gasteiger partial charge in [0.2, 0.25) is 0 Å². The Labute approximate surface area is 111 Å². The average molecular weight is 257 g/mol. The van der Waals surface area contributed by atoms with Gasteiger partial charge in [0, 0.05) is 24.5 Å². The van der Waals surface area contributed by atoms with E-state index in [1.807, 2.05) is 6.92 Å². The minimum absolute atomic E-state index is 0.193. The smallest absolute Gasteiger partial charge is 0.255 e. The Morgan fingerprint density at radius 2 is 2.26 bits per heavy atom. The lowest BCUT2D eigenvalue weighted by Crippen LogP contribution is -2.23. The highest BCUT2D eigenvalue weighted by Gasteiger charge is 2.13. The Hall–Kier alpha value is -2.56. The molecular weight excluding hydrogens is 242 g/mol. The molecule has 0 radical (unpaired) electrons. The number of nitrogens with one attached hydrogen (secondary N) is 1. The summed E-state index contributed by atoms with van der Waals surface area (Å²) in [6.07, 6.45) is 3.22. The van der Waals surface area contributed by atoms with Gasteiger partial charge in [0.05, 0.1) is 11.8 Å². The molecule has 1 amide bonds. The van der Waals surface area contributed by atoms with Crippen LogP contribution in [0.1, 0.15) is 17.3 Å². The van der Waals surface area contributed by atoms with Gasteiger partial charge in [0.15, 0.2) is 0 Å². The number of hydrogen-bond donors (Lipinski definition) is 2. The number of nitrogens with zero attached hydrogens (tertiary/aromatic N) is 1. The molecule has 0 atom stereocenters. The topological polar surface area (TPSA) is 77.2 Å². The van der Waals surface area contributed by atoms with E-state index in [4.69, 9.17) is 10.5 Å². The monoisotopic (exact) mass is 257 g/mol. The van der Waals surface area contributed by atoms with Crippen LogP contribution in [-0.4, -0.2) is 17.4 Å². The predicted molar refractivity (Wildman–Crippen MR) is 73.2 cm³/mol. The summed E-state index contributed by atoms with van der Waals surface area (Å²) in [5, 5.41) is 2.73. The van der Waals surface area contributed by atoms with Crippen LogP contribution in [-0.2, 0) is 0 Å². The molecule has 98 valence electrons. The van der Waals surface area contributed by atoms with E-state index in [0.29, 0.717) is 29.3 Å². The third kappa shape index (κ3) is 3.22. The van der Waals surface area contributed by atoms with Gasteiger partial charge in [-0.1, -0.05) is 0 Å². The second kappa shape index (κ2) is 5.86. The molecule has 0 aliphatic heterocycles. The fraction of sp³-hybridized carbons (Fsp3) is 0.143. The molecule has 0 saturated carbocycles. The zero-order valence-electron chi connectivity index (χ0n) is 10.6. The van der Waals surface area contributed by atoms with E-state index in [-0.39, 0.29) is 5.91 Å². The van der Waals surface area contributed by atoms with Gasteiger partial charge in [-0.15, -0.1) is 0 Å². The molecule has 0 fully saturated rings. The third-order valence-electron chi connectivity index (χ3n) is 2.45. The quantitative estimate of drug-likeness (QED) is 0.823. The van der Waals surface area contributed by atoms with Gasteiger partial charge in [-0.2, -0.15) is 0 Å². The number of amides is 1. The number of aromatic nitrogens is 1. The van der Waals surface area contributed by atoms with Crippen molar-refractivity contribution in [3.63, 3.8) is 0 Å². The van der Waals surface area contributed by atoms with Crippen LogP contribution in [0.5, 0.6) is 11.5 Å². The lowest BCUT2D eigenvalue weighted by molar-refractivity contribution is 0.0953. The number of rotatable bonds is 4. The zero-order valence-corrected chi connectivity index (χ0v) is 10.6. The van der Waals surface area contributed by atoms with Crippen LogP contribution in [0.3, 0.4) is 0 Å². The van der Waals surface area contributed by atoms with E-state index in [0.717, 1.165) is 0 Å². The van der Waals surface area contributed by atoms with Crippen LogP contribution in [0.4, 0.5) is 5.69 Å². The number of anilines is 1. The van der Waals surface area contributed by atoms with Gasteiger partial charge < -0.3 is 15.8 Å². The van der Waals surface area contributed by atoms with Gasteiger partial charge in [-0.3, -0.25) is 9.78 Å². The Morgan fingerprint density at radius 3 is 2.95 bits per heavy atom. The van der Waals surface area contributed by atoms with Gasteiger partial charge in [0.25, 0.3) is 5.91 Å². The summed E-state index contributed by atoms with van der Waals surface area (Å²) >= 11 is 0. The van der Waals surface area contributed by atoms with Gasteiger partial charge in [-0.05, 0) is 31.2 Å². The molecular formula is C14H15N3O2. The van der Waals surface area contributed by atoms with Crippen molar-refractivity contribution in [1.82, 2.24) is 10.3 Å². The van der Waals surface area contributed by atoms with Crippen molar-refractivity contribution < 1.29 is 9.53 Å². The van der Waals surface area contributed by atoms with Crippen molar-refractivity contribution in [3.8, 4) is 11.5 Å². The average Bonchev–Trinajstić information content (AvgIpc) is 2.40. The van der Waals surface area contributed by atoms with Crippen molar-refractivity contribution in [3.05, 3.63) is 48.3 Å². The van der Waals surface area contributed by atoms with Crippen molar-refractivity contribution in [2.45, 2.75) is 6.92 Å². The number of hydrogen-bond acceptors (Lipinski definition) is 4. The molecule has 0 bridgehead atoms. The largest absolute Gasteiger partial charge is 0.455 e. The lowest BCUT2D eigenvalue weighted by Gasteiger charge is -2.11. The number of carbonyl (C=O) groups is 1. The van der Waals surface area contributed by atoms with E-state index in [1.54, 1.807) is 42.7 Å². The van der Waals surface area contributed by atoms with Crippen molar-refractivity contribution in [2.75, 3.05) is 12.3 Å². The van der Waals surface area contributed by atoms with Gasteiger partial charge in [-0.25, -0.2) is 0 Å². The summed E-state index contributed by atoms with van der Waals surface area (Å²) < 4.78 is 5.65. The maximum atomic E-state index is 11.9. The van der Waals surface area contributed by atoms with Crippen LogP contribution in [0.25, 0.3) is 0 Å². The van der Waals surface area contributed by atoms with Crippen molar-refractivity contribution >= 4 is 11.6 Å². The molecule has 0 saturated heterocycles. The number of benzene rings is 1. The van der Waals surface area contributed by atoms with E-state index >= 15 is 0 Å². The SMILES string of the molecule is CCNC(=O)c1ccc(N)cc1Oc1cccnc1. The molecule has 1 aromatic carbocycles. The van der Waals surface area contributed by atoms with Crippen LogP contribution >= 0.6 is 0 Å². The fourth-order valence-electron chi connectivity index (χ4n) is 1.60. The second-order valence-corrected chi connectivity index (χ2v) is 3.91. The minimum Gasteiger partial charge on any atom is -0.455 e. The number of carbonyl (C=O) groups excluding carboxylic acids is 1. The molecule has 5 heteroatoms. The molecule has 3 N–H and O–H groups in total. The van der Waals surface area contributed by atoms with E-state index in [2.05, 4.69) is 10.3 Å². The van der Waals surface area contributed by atoms with Crippen molar-refractivity contribution in [1.29, 1.82) is 0 Å². The molecule has 0 aliphatic carbocycles. The minimum atomic E-state index is -0.193. The summed E-state index contributed by atoms with van der Waals surface area (Å²) in [6.45, 7) is 2.41. The lowest BCUT2D eigenvalue weighted by atomic mass is 10.1. The highest BCUT2D eigenvalue weighted by Crippen LogP contribution is 2.27. The zero-order chi connectivity index (χ0) is 13.7. The fourth-order valence-corrected chi connectivity index (χ4v) is 1.60. The van der Waals surface area contributed by atoms with Gasteiger partial charge in [0.1, 0.15) is 11.5 Å². The number of ether oxygens (including phenoxy) is 1. The molecule has 19 heavy (non-hydrogen) atoms. The summed E-state index contributed by atoms with van der Waals surface area (Å²) in [7, 11) is 0. The Balaban J connectivity index is 2.32. The molecule has 1 aromatic heterocycles. The number of nitrogens with two attached hydrogens (primary N) is 1. The molecule has 1 heterocycles. The molecule has 5 nitrogen and oxygen atoms in total. The maximum absolute atomic E-state index is 11.9. The highest BCUT2D eigenvalue weighted by atomic mass is 16.5. The predicted octanol–water partition coefficient (Wildman–Crippen LogP) is 2.21. The molecule has 0 aliphatic rings. The van der Waals surface area contributed by atoms with Crippen LogP contribution in [0.2, 0.25) is 0 Å². The second-order valence-electron chi connectivity index (χ2n) is 3.91.